The average Bonchev–Trinajstić information content (AvgIpc) is 2.40. The van der Waals surface area contributed by atoms with Crippen molar-refractivity contribution in [3.63, 3.8) is 0 Å². The highest BCUT2D eigenvalue weighted by Gasteiger charge is 2.04. The fraction of sp³-hybridized carbons (Fsp3) is 0.571. The molecule has 0 radical (unpaired) electrons. The largest absolute Gasteiger partial charge is 0.508 e. The van der Waals surface area contributed by atoms with Crippen molar-refractivity contribution in [2.24, 2.45) is 0 Å². The Kier molecular flexibility index (Phi) is 15.3. The molecule has 0 saturated heterocycles. The molecule has 6 heteroatoms. The lowest BCUT2D eigenvalue weighted by atomic mass is 10.4. The van der Waals surface area contributed by atoms with Gasteiger partial charge in [-0.25, -0.2) is 9.59 Å². The van der Waals surface area contributed by atoms with Crippen LogP contribution in [0.5, 0.6) is 0 Å². The van der Waals surface area contributed by atoms with Gasteiger partial charge in [-0.1, -0.05) is 24.8 Å². The van der Waals surface area contributed by atoms with E-state index in [0.29, 0.717) is 13.2 Å². The molecule has 0 aromatic carbocycles. The van der Waals surface area contributed by atoms with Crippen LogP contribution < -0.4 is 0 Å². The number of hydrogen-bond donors (Lipinski definition) is 0. The SMILES string of the molecule is C/C=C/COC(=O)OCC.C=CC(C)OC(=O)OCC. The van der Waals surface area contributed by atoms with Crippen molar-refractivity contribution < 1.29 is 28.5 Å². The summed E-state index contributed by atoms with van der Waals surface area (Å²) >= 11 is 0. The third-order valence-corrected chi connectivity index (χ3v) is 1.67. The van der Waals surface area contributed by atoms with E-state index in [1.165, 1.54) is 6.08 Å². The first kappa shape index (κ1) is 20.3. The van der Waals surface area contributed by atoms with Crippen molar-refractivity contribution in [2.75, 3.05) is 19.8 Å². The number of rotatable bonds is 6. The summed E-state index contributed by atoms with van der Waals surface area (Å²) in [4.78, 5) is 21.0. The molecule has 0 aromatic heterocycles. The normalized spacial score (nSPS) is 10.8. The lowest BCUT2D eigenvalue weighted by Crippen LogP contribution is -2.13. The van der Waals surface area contributed by atoms with E-state index in [2.05, 4.69) is 25.5 Å². The Labute approximate surface area is 120 Å². The zero-order valence-corrected chi connectivity index (χ0v) is 12.6. The molecule has 0 fully saturated rings. The van der Waals surface area contributed by atoms with Crippen molar-refractivity contribution in [1.29, 1.82) is 0 Å². The van der Waals surface area contributed by atoms with Gasteiger partial charge in [-0.3, -0.25) is 0 Å². The Morgan fingerprint density at radius 2 is 1.65 bits per heavy atom. The van der Waals surface area contributed by atoms with E-state index in [-0.39, 0.29) is 12.7 Å². The number of allylic oxidation sites excluding steroid dienone is 1. The second-order valence-electron chi connectivity index (χ2n) is 3.30. The zero-order chi connectivity index (χ0) is 15.8. The molecule has 0 aliphatic rings. The van der Waals surface area contributed by atoms with Crippen LogP contribution in [0.15, 0.2) is 24.8 Å². The molecule has 0 amide bonds. The molecule has 0 bridgehead atoms. The van der Waals surface area contributed by atoms with Crippen LogP contribution in [0.3, 0.4) is 0 Å². The van der Waals surface area contributed by atoms with Crippen LogP contribution in [-0.2, 0) is 18.9 Å². The van der Waals surface area contributed by atoms with Crippen LogP contribution in [-0.4, -0.2) is 38.2 Å². The van der Waals surface area contributed by atoms with Gasteiger partial charge in [0.1, 0.15) is 12.7 Å². The number of hydrogen-bond acceptors (Lipinski definition) is 6. The summed E-state index contributed by atoms with van der Waals surface area (Å²) in [7, 11) is 0. The summed E-state index contributed by atoms with van der Waals surface area (Å²) < 4.78 is 18.2. The Balaban J connectivity index is 0. The van der Waals surface area contributed by atoms with Gasteiger partial charge < -0.3 is 18.9 Å². The molecular weight excluding hydrogens is 264 g/mol. The molecule has 0 aliphatic heterocycles. The molecule has 0 aliphatic carbocycles. The lowest BCUT2D eigenvalue weighted by Gasteiger charge is -2.06. The summed E-state index contributed by atoms with van der Waals surface area (Å²) in [5.74, 6) is 0. The smallest absolute Gasteiger partial charge is 0.435 e. The van der Waals surface area contributed by atoms with Crippen LogP contribution in [0.2, 0.25) is 0 Å². The molecule has 0 aromatic rings. The molecule has 1 unspecified atom stereocenters. The summed E-state index contributed by atoms with van der Waals surface area (Å²) in [5.41, 5.74) is 0. The number of carbonyl (C=O) groups is 2. The first-order valence-corrected chi connectivity index (χ1v) is 6.38. The summed E-state index contributed by atoms with van der Waals surface area (Å²) in [6.45, 7) is 11.4. The first-order valence-electron chi connectivity index (χ1n) is 6.38. The van der Waals surface area contributed by atoms with Crippen molar-refractivity contribution in [2.45, 2.75) is 33.8 Å². The molecule has 0 N–H and O–H groups in total. The summed E-state index contributed by atoms with van der Waals surface area (Å²) in [5, 5.41) is 0. The fourth-order valence-electron chi connectivity index (χ4n) is 0.724. The average molecular weight is 288 g/mol. The predicted octanol–water partition coefficient (Wildman–Crippen LogP) is 3.47. The van der Waals surface area contributed by atoms with Gasteiger partial charge in [-0.2, -0.15) is 0 Å². The van der Waals surface area contributed by atoms with Gasteiger partial charge in [0.25, 0.3) is 0 Å². The molecule has 0 saturated carbocycles. The van der Waals surface area contributed by atoms with E-state index in [9.17, 15) is 9.59 Å². The van der Waals surface area contributed by atoms with Crippen LogP contribution >= 0.6 is 0 Å². The molecule has 0 heterocycles. The predicted molar refractivity (Wildman–Crippen MR) is 75.6 cm³/mol. The van der Waals surface area contributed by atoms with Crippen molar-refractivity contribution in [1.82, 2.24) is 0 Å². The van der Waals surface area contributed by atoms with E-state index >= 15 is 0 Å². The topological polar surface area (TPSA) is 71.1 Å². The Morgan fingerprint density at radius 1 is 1.10 bits per heavy atom. The van der Waals surface area contributed by atoms with Crippen LogP contribution in [0.1, 0.15) is 27.7 Å². The molecule has 6 nitrogen and oxygen atoms in total. The van der Waals surface area contributed by atoms with Gasteiger partial charge in [-0.05, 0) is 27.7 Å². The Bertz CT molecular complexity index is 298. The quantitative estimate of drug-likeness (QED) is 0.550. The lowest BCUT2D eigenvalue weighted by molar-refractivity contribution is 0.0454. The zero-order valence-electron chi connectivity index (χ0n) is 12.6. The molecule has 116 valence electrons. The van der Waals surface area contributed by atoms with Gasteiger partial charge in [0, 0.05) is 0 Å². The highest BCUT2D eigenvalue weighted by molar-refractivity contribution is 5.60. The standard InChI is InChI=1S/2C7H12O3/c1-4-6(3)10-7(8)9-5-2;1-3-5-6-10-7(8)9-4-2/h4,6H,1,5H2,2-3H3;3,5H,4,6H2,1-2H3/b;5-3+. The maximum atomic E-state index is 10.5. The fourth-order valence-corrected chi connectivity index (χ4v) is 0.724. The third-order valence-electron chi connectivity index (χ3n) is 1.67. The van der Waals surface area contributed by atoms with E-state index in [1.54, 1.807) is 32.9 Å². The van der Waals surface area contributed by atoms with Crippen LogP contribution in [0.4, 0.5) is 9.59 Å². The van der Waals surface area contributed by atoms with E-state index < -0.39 is 12.3 Å². The molecule has 1 atom stereocenters. The summed E-state index contributed by atoms with van der Waals surface area (Å²) in [6.07, 6.45) is 3.53. The maximum Gasteiger partial charge on any atom is 0.508 e. The van der Waals surface area contributed by atoms with Gasteiger partial charge in [-0.15, -0.1) is 0 Å². The number of ether oxygens (including phenoxy) is 4. The van der Waals surface area contributed by atoms with Gasteiger partial charge in [0.15, 0.2) is 0 Å². The minimum Gasteiger partial charge on any atom is -0.435 e. The van der Waals surface area contributed by atoms with E-state index in [4.69, 9.17) is 0 Å². The minimum absolute atomic E-state index is 0.279. The first-order chi connectivity index (χ1) is 9.51. The van der Waals surface area contributed by atoms with Crippen LogP contribution in [0.25, 0.3) is 0 Å². The van der Waals surface area contributed by atoms with Gasteiger partial charge in [0.2, 0.25) is 0 Å². The van der Waals surface area contributed by atoms with Crippen molar-refractivity contribution in [3.8, 4) is 0 Å². The van der Waals surface area contributed by atoms with Crippen molar-refractivity contribution in [3.05, 3.63) is 24.8 Å². The van der Waals surface area contributed by atoms with E-state index in [0.717, 1.165) is 0 Å². The molecule has 0 rings (SSSR count). The minimum atomic E-state index is -0.644. The van der Waals surface area contributed by atoms with Gasteiger partial charge in [0.05, 0.1) is 13.2 Å². The summed E-state index contributed by atoms with van der Waals surface area (Å²) in [6, 6.07) is 0. The highest BCUT2D eigenvalue weighted by Crippen LogP contribution is 1.93. The molecule has 0 spiro atoms. The number of carbonyl (C=O) groups excluding carboxylic acids is 2. The van der Waals surface area contributed by atoms with Crippen LogP contribution in [0, 0.1) is 0 Å². The third kappa shape index (κ3) is 16.0. The Morgan fingerprint density at radius 3 is 2.10 bits per heavy atom. The Hall–Kier alpha value is -1.98. The maximum absolute atomic E-state index is 10.5. The monoisotopic (exact) mass is 288 g/mol. The second kappa shape index (κ2) is 15.1. The van der Waals surface area contributed by atoms with Crippen molar-refractivity contribution >= 4 is 12.3 Å². The second-order valence-corrected chi connectivity index (χ2v) is 3.30. The van der Waals surface area contributed by atoms with E-state index in [1.807, 2.05) is 6.92 Å². The highest BCUT2D eigenvalue weighted by atomic mass is 16.7. The molecule has 20 heavy (non-hydrogen) atoms. The van der Waals surface area contributed by atoms with Gasteiger partial charge >= 0.3 is 12.3 Å². The molecular formula is C14H24O6.